The molecule has 1 aliphatic heterocycles. The summed E-state index contributed by atoms with van der Waals surface area (Å²) in [4.78, 5) is 14.0. The molecular weight excluding hydrogens is 214 g/mol. The number of carbonyl (C=O) groups is 1. The van der Waals surface area contributed by atoms with Gasteiger partial charge in [-0.1, -0.05) is 28.5 Å². The number of hydrogen-bond donors (Lipinski definition) is 0. The van der Waals surface area contributed by atoms with E-state index in [2.05, 4.69) is 18.7 Å². The van der Waals surface area contributed by atoms with Crippen molar-refractivity contribution >= 4 is 27.4 Å². The molecule has 0 aromatic heterocycles. The lowest BCUT2D eigenvalue weighted by Gasteiger charge is -2.37. The number of ketones is 1. The highest BCUT2D eigenvalue weighted by atomic mass is 33.1. The summed E-state index contributed by atoms with van der Waals surface area (Å²) in [6.07, 6.45) is 0.914. The zero-order valence-corrected chi connectivity index (χ0v) is 10.8. The number of hydrogen-bond acceptors (Lipinski definition) is 4. The first-order chi connectivity index (χ1) is 6.61. The Bertz CT molecular complexity index is 202. The number of Topliss-reactive ketones (excluding diaryl/α,β-unsaturated/α-hetero) is 1. The highest BCUT2D eigenvalue weighted by Crippen LogP contribution is 2.29. The second kappa shape index (κ2) is 5.42. The zero-order chi connectivity index (χ0) is 10.6. The average molecular weight is 233 g/mol. The molecule has 1 rings (SSSR count). The van der Waals surface area contributed by atoms with Gasteiger partial charge in [0.15, 0.2) is 0 Å². The molecular formula is C10H19NOS2. The first-order valence-corrected chi connectivity index (χ1v) is 7.60. The van der Waals surface area contributed by atoms with E-state index in [1.54, 1.807) is 6.92 Å². The number of nitrogens with zero attached hydrogens (tertiary/aromatic N) is 1. The van der Waals surface area contributed by atoms with E-state index in [9.17, 15) is 4.79 Å². The maximum atomic E-state index is 11.7. The largest absolute Gasteiger partial charge is 0.298 e. The van der Waals surface area contributed by atoms with Crippen molar-refractivity contribution < 1.29 is 4.79 Å². The van der Waals surface area contributed by atoms with Crippen LogP contribution in [0.5, 0.6) is 0 Å². The SMILES string of the molecule is CCC(C)(C(C)=O)N1CCSSCC1. The van der Waals surface area contributed by atoms with E-state index in [0.29, 0.717) is 5.78 Å². The summed E-state index contributed by atoms with van der Waals surface area (Å²) in [5, 5.41) is 0. The van der Waals surface area contributed by atoms with Crippen LogP contribution in [0.2, 0.25) is 0 Å². The molecule has 0 bridgehead atoms. The predicted octanol–water partition coefficient (Wildman–Crippen LogP) is 2.44. The van der Waals surface area contributed by atoms with E-state index in [4.69, 9.17) is 0 Å². The lowest BCUT2D eigenvalue weighted by Crippen LogP contribution is -2.52. The predicted molar refractivity (Wildman–Crippen MR) is 65.9 cm³/mol. The van der Waals surface area contributed by atoms with Crippen LogP contribution in [0.25, 0.3) is 0 Å². The van der Waals surface area contributed by atoms with Gasteiger partial charge < -0.3 is 0 Å². The van der Waals surface area contributed by atoms with Crippen LogP contribution in [0, 0.1) is 0 Å². The van der Waals surface area contributed by atoms with Crippen LogP contribution in [0.4, 0.5) is 0 Å². The fraction of sp³-hybridized carbons (Fsp3) is 0.900. The van der Waals surface area contributed by atoms with Crippen LogP contribution in [-0.4, -0.2) is 40.8 Å². The summed E-state index contributed by atoms with van der Waals surface area (Å²) in [6, 6.07) is 0. The summed E-state index contributed by atoms with van der Waals surface area (Å²) in [7, 11) is 3.84. The quantitative estimate of drug-likeness (QED) is 0.697. The molecule has 0 aliphatic carbocycles. The van der Waals surface area contributed by atoms with Crippen molar-refractivity contribution in [3.05, 3.63) is 0 Å². The van der Waals surface area contributed by atoms with Crippen LogP contribution >= 0.6 is 21.6 Å². The molecule has 1 saturated heterocycles. The van der Waals surface area contributed by atoms with Crippen molar-refractivity contribution in [2.75, 3.05) is 24.6 Å². The Kier molecular flexibility index (Phi) is 4.80. The molecule has 1 heterocycles. The minimum atomic E-state index is -0.231. The average Bonchev–Trinajstić information content (AvgIpc) is 2.44. The lowest BCUT2D eigenvalue weighted by atomic mass is 9.92. The summed E-state index contributed by atoms with van der Waals surface area (Å²) < 4.78 is 0. The minimum absolute atomic E-state index is 0.231. The third-order valence-electron chi connectivity index (χ3n) is 3.12. The van der Waals surface area contributed by atoms with E-state index in [0.717, 1.165) is 31.0 Å². The van der Waals surface area contributed by atoms with Crippen molar-refractivity contribution in [2.24, 2.45) is 0 Å². The first kappa shape index (κ1) is 12.4. The van der Waals surface area contributed by atoms with Crippen LogP contribution < -0.4 is 0 Å². The fourth-order valence-corrected chi connectivity index (χ4v) is 3.69. The Morgan fingerprint density at radius 3 is 2.21 bits per heavy atom. The normalized spacial score (nSPS) is 23.9. The van der Waals surface area contributed by atoms with Gasteiger partial charge in [0, 0.05) is 24.6 Å². The second-order valence-corrected chi connectivity index (χ2v) is 6.52. The molecule has 2 nitrogen and oxygen atoms in total. The van der Waals surface area contributed by atoms with E-state index in [1.165, 1.54) is 0 Å². The molecule has 14 heavy (non-hydrogen) atoms. The van der Waals surface area contributed by atoms with Gasteiger partial charge in [0.05, 0.1) is 5.54 Å². The maximum Gasteiger partial charge on any atom is 0.149 e. The molecule has 0 spiro atoms. The van der Waals surface area contributed by atoms with Crippen molar-refractivity contribution in [2.45, 2.75) is 32.7 Å². The number of carbonyl (C=O) groups excluding carboxylic acids is 1. The molecule has 0 saturated carbocycles. The highest BCUT2D eigenvalue weighted by molar-refractivity contribution is 8.76. The Hall–Kier alpha value is 0.330. The van der Waals surface area contributed by atoms with Gasteiger partial charge in [-0.15, -0.1) is 0 Å². The highest BCUT2D eigenvalue weighted by Gasteiger charge is 2.34. The zero-order valence-electron chi connectivity index (χ0n) is 9.21. The van der Waals surface area contributed by atoms with Crippen LogP contribution in [0.3, 0.4) is 0 Å². The van der Waals surface area contributed by atoms with Crippen LogP contribution in [0.1, 0.15) is 27.2 Å². The number of rotatable bonds is 3. The molecule has 1 fully saturated rings. The Morgan fingerprint density at radius 2 is 1.86 bits per heavy atom. The lowest BCUT2D eigenvalue weighted by molar-refractivity contribution is -0.128. The summed E-state index contributed by atoms with van der Waals surface area (Å²) in [5.41, 5.74) is -0.231. The molecule has 82 valence electrons. The van der Waals surface area contributed by atoms with Gasteiger partial charge in [0.2, 0.25) is 0 Å². The standard InChI is InChI=1S/C10H19NOS2/c1-4-10(3,9(2)12)11-5-7-13-14-8-6-11/h4-8H2,1-3H3. The van der Waals surface area contributed by atoms with E-state index >= 15 is 0 Å². The molecule has 0 aromatic carbocycles. The van der Waals surface area contributed by atoms with Crippen molar-refractivity contribution in [3.63, 3.8) is 0 Å². The van der Waals surface area contributed by atoms with E-state index in [-0.39, 0.29) is 5.54 Å². The smallest absolute Gasteiger partial charge is 0.149 e. The van der Waals surface area contributed by atoms with Crippen molar-refractivity contribution in [3.8, 4) is 0 Å². The molecule has 0 N–H and O–H groups in total. The summed E-state index contributed by atoms with van der Waals surface area (Å²) in [5.74, 6) is 2.57. The van der Waals surface area contributed by atoms with Gasteiger partial charge in [-0.2, -0.15) is 0 Å². The monoisotopic (exact) mass is 233 g/mol. The second-order valence-electron chi connectivity index (χ2n) is 3.81. The van der Waals surface area contributed by atoms with Gasteiger partial charge in [0.1, 0.15) is 5.78 Å². The Morgan fingerprint density at radius 1 is 1.36 bits per heavy atom. The first-order valence-electron chi connectivity index (χ1n) is 5.11. The topological polar surface area (TPSA) is 20.3 Å². The third kappa shape index (κ3) is 2.67. The molecule has 0 radical (unpaired) electrons. The molecule has 1 atom stereocenters. The minimum Gasteiger partial charge on any atom is -0.298 e. The Labute approximate surface area is 94.6 Å². The third-order valence-corrected chi connectivity index (χ3v) is 5.48. The summed E-state index contributed by atoms with van der Waals surface area (Å²) in [6.45, 7) is 7.99. The van der Waals surface area contributed by atoms with Crippen molar-refractivity contribution in [1.82, 2.24) is 4.90 Å². The van der Waals surface area contributed by atoms with Gasteiger partial charge in [-0.05, 0) is 20.3 Å². The van der Waals surface area contributed by atoms with Crippen molar-refractivity contribution in [1.29, 1.82) is 0 Å². The molecule has 4 heteroatoms. The molecule has 1 unspecified atom stereocenters. The molecule has 0 amide bonds. The van der Waals surface area contributed by atoms with Crippen LogP contribution in [-0.2, 0) is 4.79 Å². The molecule has 0 aromatic rings. The Balaban J connectivity index is 2.71. The van der Waals surface area contributed by atoms with Gasteiger partial charge in [0.25, 0.3) is 0 Å². The van der Waals surface area contributed by atoms with Crippen LogP contribution in [0.15, 0.2) is 0 Å². The van der Waals surface area contributed by atoms with E-state index in [1.807, 2.05) is 21.6 Å². The summed E-state index contributed by atoms with van der Waals surface area (Å²) >= 11 is 0. The fourth-order valence-electron chi connectivity index (χ4n) is 1.71. The van der Waals surface area contributed by atoms with Gasteiger partial charge in [-0.25, -0.2) is 0 Å². The maximum absolute atomic E-state index is 11.7. The van der Waals surface area contributed by atoms with Gasteiger partial charge >= 0.3 is 0 Å². The van der Waals surface area contributed by atoms with E-state index < -0.39 is 0 Å². The molecule has 1 aliphatic rings. The van der Waals surface area contributed by atoms with Gasteiger partial charge in [-0.3, -0.25) is 9.69 Å².